The first kappa shape index (κ1) is 24.3. The molecule has 5 nitrogen and oxygen atoms in total. The van der Waals surface area contributed by atoms with Gasteiger partial charge in [-0.05, 0) is 49.4 Å². The maximum Gasteiger partial charge on any atom is 0.416 e. The number of ether oxygens (including phenoxy) is 2. The van der Waals surface area contributed by atoms with E-state index in [2.05, 4.69) is 10.2 Å². The van der Waals surface area contributed by atoms with E-state index in [4.69, 9.17) is 9.47 Å². The molecule has 1 aliphatic carbocycles. The summed E-state index contributed by atoms with van der Waals surface area (Å²) in [5.74, 6) is -0.677. The number of hydrogen-bond donors (Lipinski definition) is 1. The van der Waals surface area contributed by atoms with Crippen molar-refractivity contribution in [3.05, 3.63) is 34.9 Å². The summed E-state index contributed by atoms with van der Waals surface area (Å²) in [6.07, 6.45) is -6.93. The van der Waals surface area contributed by atoms with Gasteiger partial charge in [0.2, 0.25) is 5.91 Å². The van der Waals surface area contributed by atoms with E-state index in [1.54, 1.807) is 0 Å². The van der Waals surface area contributed by atoms with Crippen molar-refractivity contribution in [2.45, 2.75) is 62.8 Å². The molecule has 3 aliphatic rings. The van der Waals surface area contributed by atoms with Gasteiger partial charge in [0.15, 0.2) is 0 Å². The highest BCUT2D eigenvalue weighted by atomic mass is 19.4. The number of benzene rings is 1. The number of nitrogens with zero attached hydrogens (tertiary/aromatic N) is 1. The third-order valence-corrected chi connectivity index (χ3v) is 6.74. The van der Waals surface area contributed by atoms with Gasteiger partial charge in [0.25, 0.3) is 0 Å². The second kappa shape index (κ2) is 9.42. The molecule has 0 spiro atoms. The average molecular weight is 480 g/mol. The number of rotatable bonds is 4. The SMILES string of the molecule is O=C(NCc1cc(C(F)(F)F)cc(C(F)(F)F)c1)C1CCC(N2CCOC3COCCC32)C1. The molecular formula is C22H26F6N2O3. The van der Waals surface area contributed by atoms with Gasteiger partial charge in [0, 0.05) is 37.7 Å². The molecule has 0 radical (unpaired) electrons. The van der Waals surface area contributed by atoms with Crippen LogP contribution in [-0.4, -0.2) is 55.4 Å². The lowest BCUT2D eigenvalue weighted by Gasteiger charge is -2.46. The van der Waals surface area contributed by atoms with Gasteiger partial charge in [-0.3, -0.25) is 9.69 Å². The molecule has 184 valence electrons. The molecule has 33 heavy (non-hydrogen) atoms. The number of hydrogen-bond acceptors (Lipinski definition) is 4. The second-order valence-electron chi connectivity index (χ2n) is 8.87. The number of alkyl halides is 6. The van der Waals surface area contributed by atoms with E-state index in [-0.39, 0.29) is 41.6 Å². The van der Waals surface area contributed by atoms with E-state index in [1.807, 2.05) is 0 Å². The van der Waals surface area contributed by atoms with Crippen LogP contribution in [-0.2, 0) is 33.2 Å². The molecule has 4 unspecified atom stereocenters. The number of halogens is 6. The fraction of sp³-hybridized carbons (Fsp3) is 0.682. The van der Waals surface area contributed by atoms with Crippen molar-refractivity contribution in [2.75, 3.05) is 26.4 Å². The molecule has 0 bridgehead atoms. The summed E-state index contributed by atoms with van der Waals surface area (Å²) in [5, 5.41) is 2.54. The first-order valence-corrected chi connectivity index (χ1v) is 11.0. The molecule has 1 aromatic rings. The lowest BCUT2D eigenvalue weighted by molar-refractivity contribution is -0.145. The van der Waals surface area contributed by atoms with Crippen molar-refractivity contribution < 1.29 is 40.6 Å². The highest BCUT2D eigenvalue weighted by molar-refractivity contribution is 5.79. The Bertz CT molecular complexity index is 825. The molecule has 1 saturated carbocycles. The molecule has 1 amide bonds. The zero-order valence-corrected chi connectivity index (χ0v) is 17.8. The van der Waals surface area contributed by atoms with Crippen LogP contribution in [0.3, 0.4) is 0 Å². The van der Waals surface area contributed by atoms with Crippen LogP contribution in [0.1, 0.15) is 42.4 Å². The summed E-state index contributed by atoms with van der Waals surface area (Å²) >= 11 is 0. The monoisotopic (exact) mass is 480 g/mol. The van der Waals surface area contributed by atoms with Crippen LogP contribution in [0.5, 0.6) is 0 Å². The predicted molar refractivity (Wildman–Crippen MR) is 105 cm³/mol. The fourth-order valence-electron chi connectivity index (χ4n) is 5.12. The zero-order valence-electron chi connectivity index (χ0n) is 17.8. The number of morpholine rings is 1. The molecule has 4 rings (SSSR count). The Hall–Kier alpha value is -1.85. The lowest BCUT2D eigenvalue weighted by Crippen LogP contribution is -2.58. The van der Waals surface area contributed by atoms with E-state index in [0.29, 0.717) is 44.8 Å². The molecular weight excluding hydrogens is 454 g/mol. The Morgan fingerprint density at radius 1 is 1.00 bits per heavy atom. The van der Waals surface area contributed by atoms with Crippen molar-refractivity contribution in [2.24, 2.45) is 5.92 Å². The minimum Gasteiger partial charge on any atom is -0.379 e. The predicted octanol–water partition coefficient (Wildman–Crippen LogP) is 4.00. The summed E-state index contributed by atoms with van der Waals surface area (Å²) in [4.78, 5) is 15.1. The molecule has 2 aliphatic heterocycles. The first-order valence-electron chi connectivity index (χ1n) is 11.0. The van der Waals surface area contributed by atoms with Crippen LogP contribution in [0, 0.1) is 5.92 Å². The van der Waals surface area contributed by atoms with Crippen LogP contribution in [0.2, 0.25) is 0 Å². The van der Waals surface area contributed by atoms with Gasteiger partial charge in [-0.25, -0.2) is 0 Å². The quantitative estimate of drug-likeness (QED) is 0.663. The Kier molecular flexibility index (Phi) is 6.93. The highest BCUT2D eigenvalue weighted by Gasteiger charge is 2.42. The number of carbonyl (C=O) groups is 1. The normalized spacial score (nSPS) is 29.0. The van der Waals surface area contributed by atoms with Crippen molar-refractivity contribution in [3.8, 4) is 0 Å². The Balaban J connectivity index is 1.37. The summed E-state index contributed by atoms with van der Waals surface area (Å²) in [7, 11) is 0. The molecule has 1 aromatic carbocycles. The van der Waals surface area contributed by atoms with Gasteiger partial charge in [-0.1, -0.05) is 0 Å². The molecule has 4 atom stereocenters. The second-order valence-corrected chi connectivity index (χ2v) is 8.87. The van der Waals surface area contributed by atoms with Gasteiger partial charge >= 0.3 is 12.4 Å². The van der Waals surface area contributed by atoms with Crippen LogP contribution in [0.15, 0.2) is 18.2 Å². The molecule has 0 aromatic heterocycles. The van der Waals surface area contributed by atoms with Gasteiger partial charge < -0.3 is 14.8 Å². The van der Waals surface area contributed by atoms with E-state index in [9.17, 15) is 31.1 Å². The Morgan fingerprint density at radius 2 is 1.70 bits per heavy atom. The van der Waals surface area contributed by atoms with E-state index in [1.165, 1.54) is 0 Å². The van der Waals surface area contributed by atoms with Crippen molar-refractivity contribution in [1.82, 2.24) is 10.2 Å². The van der Waals surface area contributed by atoms with Crippen molar-refractivity contribution >= 4 is 5.91 Å². The largest absolute Gasteiger partial charge is 0.416 e. The zero-order chi connectivity index (χ0) is 23.8. The summed E-state index contributed by atoms with van der Waals surface area (Å²) in [5.41, 5.74) is -3.01. The molecule has 3 fully saturated rings. The summed E-state index contributed by atoms with van der Waals surface area (Å²) in [6.45, 7) is 2.18. The van der Waals surface area contributed by atoms with Gasteiger partial charge in [-0.15, -0.1) is 0 Å². The molecule has 1 N–H and O–H groups in total. The standard InChI is InChI=1S/C22H26F6N2O3/c23-21(24,25)15-7-13(8-16(10-15)22(26,27)28)11-29-20(31)14-1-2-17(9-14)30-4-6-33-19-12-32-5-3-18(19)30/h7-8,10,14,17-19H,1-6,9,11-12H2,(H,29,31). The smallest absolute Gasteiger partial charge is 0.379 e. The van der Waals surface area contributed by atoms with Crippen LogP contribution in [0.4, 0.5) is 26.3 Å². The van der Waals surface area contributed by atoms with Crippen molar-refractivity contribution in [3.63, 3.8) is 0 Å². The van der Waals surface area contributed by atoms with Gasteiger partial charge in [0.1, 0.15) is 0 Å². The summed E-state index contributed by atoms with van der Waals surface area (Å²) in [6, 6.07) is 1.81. The first-order chi connectivity index (χ1) is 15.5. The minimum atomic E-state index is -4.92. The van der Waals surface area contributed by atoms with E-state index >= 15 is 0 Å². The number of amides is 1. The number of fused-ring (bicyclic) bond motifs is 1. The highest BCUT2D eigenvalue weighted by Crippen LogP contribution is 2.37. The van der Waals surface area contributed by atoms with Crippen LogP contribution in [0.25, 0.3) is 0 Å². The van der Waals surface area contributed by atoms with Gasteiger partial charge in [-0.2, -0.15) is 26.3 Å². The maximum absolute atomic E-state index is 13.0. The molecule has 2 heterocycles. The third-order valence-electron chi connectivity index (χ3n) is 6.74. The van der Waals surface area contributed by atoms with Crippen LogP contribution < -0.4 is 5.32 Å². The van der Waals surface area contributed by atoms with Crippen LogP contribution >= 0.6 is 0 Å². The topological polar surface area (TPSA) is 50.8 Å². The fourth-order valence-corrected chi connectivity index (χ4v) is 5.12. The Morgan fingerprint density at radius 3 is 2.36 bits per heavy atom. The summed E-state index contributed by atoms with van der Waals surface area (Å²) < 4.78 is 89.5. The lowest BCUT2D eigenvalue weighted by atomic mass is 9.98. The third kappa shape index (κ3) is 5.63. The average Bonchev–Trinajstić information content (AvgIpc) is 3.26. The maximum atomic E-state index is 13.0. The molecule has 11 heteroatoms. The van der Waals surface area contributed by atoms with Crippen molar-refractivity contribution in [1.29, 1.82) is 0 Å². The number of carbonyl (C=O) groups excluding carboxylic acids is 1. The Labute approximate surface area is 187 Å². The minimum absolute atomic E-state index is 0.0177. The van der Waals surface area contributed by atoms with Gasteiger partial charge in [0.05, 0.1) is 30.4 Å². The van der Waals surface area contributed by atoms with E-state index < -0.39 is 30.0 Å². The molecule has 2 saturated heterocycles. The van der Waals surface area contributed by atoms with E-state index in [0.717, 1.165) is 19.4 Å². The number of nitrogens with one attached hydrogen (secondary N) is 1.